The van der Waals surface area contributed by atoms with Crippen LogP contribution in [0.3, 0.4) is 0 Å². The van der Waals surface area contributed by atoms with Crippen molar-refractivity contribution in [1.29, 1.82) is 0 Å². The monoisotopic (exact) mass is 261 g/mol. The first-order valence-electron chi connectivity index (χ1n) is 6.41. The zero-order chi connectivity index (χ0) is 14.3. The predicted octanol–water partition coefficient (Wildman–Crippen LogP) is 2.74. The van der Waals surface area contributed by atoms with E-state index in [-0.39, 0.29) is 17.0 Å². The summed E-state index contributed by atoms with van der Waals surface area (Å²) < 4.78 is 11.7. The summed E-state index contributed by atoms with van der Waals surface area (Å²) in [6, 6.07) is 1.77. The molecule has 5 heteroatoms. The van der Waals surface area contributed by atoms with Gasteiger partial charge in [-0.3, -0.25) is 4.98 Å². The molecule has 0 radical (unpaired) electrons. The van der Waals surface area contributed by atoms with Gasteiger partial charge in [-0.2, -0.15) is 0 Å². The number of rotatable bonds is 2. The average molecular weight is 261 g/mol. The molecular formula is C14H20BNO3. The lowest BCUT2D eigenvalue weighted by molar-refractivity contribution is 0.00578. The van der Waals surface area contributed by atoms with E-state index in [4.69, 9.17) is 9.31 Å². The second-order valence-corrected chi connectivity index (χ2v) is 5.85. The minimum absolute atomic E-state index is 0.190. The first-order valence-corrected chi connectivity index (χ1v) is 6.41. The molecule has 1 aliphatic rings. The van der Waals surface area contributed by atoms with Crippen molar-refractivity contribution in [2.24, 2.45) is 0 Å². The Hall–Kier alpha value is -1.33. The molecule has 0 atom stereocenters. The number of aromatic nitrogens is 1. The molecule has 1 aromatic heterocycles. The molecule has 102 valence electrons. The summed E-state index contributed by atoms with van der Waals surface area (Å²) in [5, 5.41) is 9.88. The second kappa shape index (κ2) is 4.65. The maximum absolute atomic E-state index is 9.88. The van der Waals surface area contributed by atoms with Gasteiger partial charge in [-0.05, 0) is 52.3 Å². The van der Waals surface area contributed by atoms with Gasteiger partial charge >= 0.3 is 7.12 Å². The molecule has 0 unspecified atom stereocenters. The Bertz CT molecular complexity index is 495. The first-order chi connectivity index (χ1) is 8.73. The van der Waals surface area contributed by atoms with Gasteiger partial charge in [-0.1, -0.05) is 5.98 Å². The molecule has 0 spiro atoms. The quantitative estimate of drug-likeness (QED) is 0.831. The molecule has 19 heavy (non-hydrogen) atoms. The molecule has 0 aliphatic carbocycles. The Labute approximate surface area is 114 Å². The van der Waals surface area contributed by atoms with Gasteiger partial charge in [0.15, 0.2) is 0 Å². The number of aromatic hydroxyl groups is 1. The fraction of sp³-hybridized carbons (Fsp3) is 0.500. The first kappa shape index (κ1) is 14.1. The van der Waals surface area contributed by atoms with E-state index in [2.05, 4.69) is 4.98 Å². The van der Waals surface area contributed by atoms with Crippen molar-refractivity contribution in [3.05, 3.63) is 29.5 Å². The van der Waals surface area contributed by atoms with Crippen molar-refractivity contribution < 1.29 is 14.4 Å². The van der Waals surface area contributed by atoms with E-state index in [0.717, 1.165) is 5.56 Å². The van der Waals surface area contributed by atoms with Crippen LogP contribution >= 0.6 is 0 Å². The van der Waals surface area contributed by atoms with Crippen LogP contribution in [0.1, 0.15) is 39.0 Å². The molecule has 2 rings (SSSR count). The van der Waals surface area contributed by atoms with Gasteiger partial charge in [0.2, 0.25) is 0 Å². The molecule has 0 aromatic carbocycles. The Morgan fingerprint density at radius 2 is 1.79 bits per heavy atom. The minimum atomic E-state index is -0.424. The van der Waals surface area contributed by atoms with Gasteiger partial charge in [0.1, 0.15) is 11.4 Å². The standard InChI is InChI=1S/C14H20BNO3/c1-10-7-9-16-11(12(10)17)6-8-15-18-13(2,3)14(4,5)19-15/h6-9,17H,1-5H3/b8-6+. The third-order valence-corrected chi connectivity index (χ3v) is 3.84. The van der Waals surface area contributed by atoms with Crippen LogP contribution in [-0.2, 0) is 9.31 Å². The summed E-state index contributed by atoms with van der Waals surface area (Å²) in [7, 11) is -0.424. The van der Waals surface area contributed by atoms with Crippen LogP contribution in [0.2, 0.25) is 0 Å². The molecule has 0 amide bonds. The van der Waals surface area contributed by atoms with Crippen molar-refractivity contribution in [3.63, 3.8) is 0 Å². The molecule has 1 fully saturated rings. The van der Waals surface area contributed by atoms with Gasteiger partial charge in [0.05, 0.1) is 11.2 Å². The topological polar surface area (TPSA) is 51.6 Å². The summed E-state index contributed by atoms with van der Waals surface area (Å²) in [5.41, 5.74) is 0.604. The van der Waals surface area contributed by atoms with Gasteiger partial charge in [0, 0.05) is 6.20 Å². The van der Waals surface area contributed by atoms with Crippen molar-refractivity contribution in [2.75, 3.05) is 0 Å². The zero-order valence-electron chi connectivity index (χ0n) is 12.1. The molecule has 1 N–H and O–H groups in total. The highest BCUT2D eigenvalue weighted by atomic mass is 16.7. The largest absolute Gasteiger partial charge is 0.505 e. The highest BCUT2D eigenvalue weighted by Gasteiger charge is 2.50. The highest BCUT2D eigenvalue weighted by Crippen LogP contribution is 2.37. The predicted molar refractivity (Wildman–Crippen MR) is 75.8 cm³/mol. The molecule has 1 saturated heterocycles. The second-order valence-electron chi connectivity index (χ2n) is 5.85. The highest BCUT2D eigenvalue weighted by molar-refractivity contribution is 6.52. The van der Waals surface area contributed by atoms with E-state index in [0.29, 0.717) is 5.69 Å². The van der Waals surface area contributed by atoms with Crippen LogP contribution in [0, 0.1) is 6.92 Å². The van der Waals surface area contributed by atoms with E-state index < -0.39 is 7.12 Å². The number of hydrogen-bond donors (Lipinski definition) is 1. The lowest BCUT2D eigenvalue weighted by Crippen LogP contribution is -2.41. The Morgan fingerprint density at radius 3 is 2.37 bits per heavy atom. The van der Waals surface area contributed by atoms with Crippen LogP contribution in [0.25, 0.3) is 6.08 Å². The minimum Gasteiger partial charge on any atom is -0.505 e. The lowest BCUT2D eigenvalue weighted by atomic mass is 9.89. The zero-order valence-corrected chi connectivity index (χ0v) is 12.1. The molecule has 4 nitrogen and oxygen atoms in total. The van der Waals surface area contributed by atoms with Crippen molar-refractivity contribution in [1.82, 2.24) is 4.98 Å². The summed E-state index contributed by atoms with van der Waals surface area (Å²) in [4.78, 5) is 4.12. The van der Waals surface area contributed by atoms with Gasteiger partial charge in [-0.25, -0.2) is 0 Å². The number of nitrogens with zero attached hydrogens (tertiary/aromatic N) is 1. The molecule has 2 heterocycles. The lowest BCUT2D eigenvalue weighted by Gasteiger charge is -2.32. The maximum Gasteiger partial charge on any atom is 0.487 e. The van der Waals surface area contributed by atoms with Crippen LogP contribution in [0.4, 0.5) is 0 Å². The number of hydrogen-bond acceptors (Lipinski definition) is 4. The fourth-order valence-corrected chi connectivity index (χ4v) is 1.83. The van der Waals surface area contributed by atoms with Crippen LogP contribution in [0.5, 0.6) is 5.75 Å². The third-order valence-electron chi connectivity index (χ3n) is 3.84. The summed E-state index contributed by atoms with van der Waals surface area (Å²) in [5.74, 6) is 1.97. The third kappa shape index (κ3) is 2.67. The smallest absolute Gasteiger partial charge is 0.487 e. The van der Waals surface area contributed by atoms with Crippen LogP contribution in [0.15, 0.2) is 18.2 Å². The number of pyridine rings is 1. The van der Waals surface area contributed by atoms with Crippen LogP contribution < -0.4 is 0 Å². The molecule has 1 aromatic rings. The number of aryl methyl sites for hydroxylation is 1. The van der Waals surface area contributed by atoms with E-state index in [1.807, 2.05) is 34.6 Å². The summed E-state index contributed by atoms with van der Waals surface area (Å²) in [6.07, 6.45) is 3.39. The maximum atomic E-state index is 9.88. The SMILES string of the molecule is Cc1ccnc(/C=C/B2OC(C)(C)C(C)(C)O2)c1O. The fourth-order valence-electron chi connectivity index (χ4n) is 1.83. The van der Waals surface area contributed by atoms with E-state index in [9.17, 15) is 5.11 Å². The van der Waals surface area contributed by atoms with Crippen molar-refractivity contribution in [2.45, 2.75) is 45.8 Å². The van der Waals surface area contributed by atoms with Crippen molar-refractivity contribution >= 4 is 13.2 Å². The Balaban J connectivity index is 2.15. The van der Waals surface area contributed by atoms with E-state index >= 15 is 0 Å². The van der Waals surface area contributed by atoms with E-state index in [1.54, 1.807) is 24.3 Å². The van der Waals surface area contributed by atoms with Gasteiger partial charge < -0.3 is 14.4 Å². The van der Waals surface area contributed by atoms with Gasteiger partial charge in [0.25, 0.3) is 0 Å². The summed E-state index contributed by atoms with van der Waals surface area (Å²) >= 11 is 0. The average Bonchev–Trinajstić information content (AvgIpc) is 2.50. The molecule has 1 aliphatic heterocycles. The normalized spacial score (nSPS) is 21.2. The van der Waals surface area contributed by atoms with E-state index in [1.165, 1.54) is 0 Å². The Kier molecular flexibility index (Phi) is 3.45. The molecule has 0 saturated carbocycles. The van der Waals surface area contributed by atoms with Crippen molar-refractivity contribution in [3.8, 4) is 5.75 Å². The van der Waals surface area contributed by atoms with Crippen LogP contribution in [-0.4, -0.2) is 28.4 Å². The van der Waals surface area contributed by atoms with Gasteiger partial charge in [-0.15, -0.1) is 0 Å². The summed E-state index contributed by atoms with van der Waals surface area (Å²) in [6.45, 7) is 9.85. The Morgan fingerprint density at radius 1 is 1.21 bits per heavy atom. The molecular weight excluding hydrogens is 241 g/mol. The molecule has 0 bridgehead atoms.